The van der Waals surface area contributed by atoms with Crippen LogP contribution in [0.5, 0.6) is 17.2 Å². The Morgan fingerprint density at radius 2 is 1.55 bits per heavy atom. The summed E-state index contributed by atoms with van der Waals surface area (Å²) >= 11 is 0. The maximum Gasteiger partial charge on any atom is 0.339 e. The van der Waals surface area contributed by atoms with Gasteiger partial charge in [-0.15, -0.1) is 0 Å². The van der Waals surface area contributed by atoms with Crippen molar-refractivity contribution in [1.29, 1.82) is 0 Å². The van der Waals surface area contributed by atoms with E-state index in [0.717, 1.165) is 16.7 Å². The number of hydrogen-bond donors (Lipinski definition) is 0. The molecule has 0 saturated carbocycles. The highest BCUT2D eigenvalue weighted by atomic mass is 32.2. The van der Waals surface area contributed by atoms with Gasteiger partial charge in [0.25, 0.3) is 0 Å². The van der Waals surface area contributed by atoms with Crippen molar-refractivity contribution in [2.45, 2.75) is 17.9 Å². The van der Waals surface area contributed by atoms with Crippen LogP contribution in [0.25, 0.3) is 6.08 Å². The Bertz CT molecular complexity index is 1160. The minimum atomic E-state index is -3.91. The number of ether oxygens (including phenoxy) is 2. The largest absolute Gasteiger partial charge is 0.497 e. The number of rotatable bonds is 9. The standard InChI is InChI=1S/C25H24O5S/c1-5-19-9-14-22(28-4)17-25(19)29-24(6-2)20-10-12-21(13-11-20)30-31(26,27)23-15-7-18(3)8-16-23/h5-17,24H,1-2H2,3-4H3/t24-/m0/s1. The van der Waals surface area contributed by atoms with Crippen molar-refractivity contribution in [3.63, 3.8) is 0 Å². The molecular formula is C25H24O5S. The van der Waals surface area contributed by atoms with Crippen LogP contribution in [0, 0.1) is 6.92 Å². The molecule has 6 heteroatoms. The second kappa shape index (κ2) is 9.53. The van der Waals surface area contributed by atoms with Gasteiger partial charge >= 0.3 is 10.1 Å². The first-order valence-corrected chi connectivity index (χ1v) is 11.0. The first kappa shape index (κ1) is 22.2. The van der Waals surface area contributed by atoms with Crippen molar-refractivity contribution in [2.75, 3.05) is 7.11 Å². The third-order valence-electron chi connectivity index (χ3n) is 4.63. The monoisotopic (exact) mass is 436 g/mol. The smallest absolute Gasteiger partial charge is 0.339 e. The third kappa shape index (κ3) is 5.35. The van der Waals surface area contributed by atoms with Crippen LogP contribution in [0.15, 0.2) is 90.9 Å². The zero-order chi connectivity index (χ0) is 22.4. The van der Waals surface area contributed by atoms with Crippen LogP contribution >= 0.6 is 0 Å². The molecule has 0 aliphatic carbocycles. The molecule has 0 amide bonds. The van der Waals surface area contributed by atoms with E-state index in [4.69, 9.17) is 13.7 Å². The average molecular weight is 437 g/mol. The van der Waals surface area contributed by atoms with Crippen molar-refractivity contribution in [3.8, 4) is 17.2 Å². The van der Waals surface area contributed by atoms with E-state index in [-0.39, 0.29) is 10.6 Å². The molecule has 5 nitrogen and oxygen atoms in total. The van der Waals surface area contributed by atoms with Gasteiger partial charge in [-0.05, 0) is 55.0 Å². The lowest BCUT2D eigenvalue weighted by atomic mass is 10.1. The maximum absolute atomic E-state index is 12.5. The van der Waals surface area contributed by atoms with Gasteiger partial charge in [-0.2, -0.15) is 8.42 Å². The van der Waals surface area contributed by atoms with Gasteiger partial charge in [0.2, 0.25) is 0 Å². The molecule has 31 heavy (non-hydrogen) atoms. The molecule has 3 aromatic rings. The molecule has 0 aliphatic rings. The van der Waals surface area contributed by atoms with E-state index in [1.165, 1.54) is 12.1 Å². The van der Waals surface area contributed by atoms with Gasteiger partial charge < -0.3 is 13.7 Å². The van der Waals surface area contributed by atoms with Crippen molar-refractivity contribution < 1.29 is 22.1 Å². The Morgan fingerprint density at radius 1 is 0.903 bits per heavy atom. The fourth-order valence-corrected chi connectivity index (χ4v) is 3.82. The van der Waals surface area contributed by atoms with Crippen molar-refractivity contribution >= 4 is 16.2 Å². The molecule has 0 radical (unpaired) electrons. The lowest BCUT2D eigenvalue weighted by Gasteiger charge is -2.18. The van der Waals surface area contributed by atoms with E-state index in [9.17, 15) is 8.42 Å². The molecule has 160 valence electrons. The molecule has 0 saturated heterocycles. The zero-order valence-corrected chi connectivity index (χ0v) is 18.3. The lowest BCUT2D eigenvalue weighted by molar-refractivity contribution is 0.254. The SMILES string of the molecule is C=Cc1ccc(OC)cc1O[C@@H](C=C)c1ccc(OS(=O)(=O)c2ccc(C)cc2)cc1. The molecule has 0 aromatic heterocycles. The normalized spacial score (nSPS) is 11.9. The van der Waals surface area contributed by atoms with E-state index in [1.807, 2.05) is 19.1 Å². The van der Waals surface area contributed by atoms with Crippen LogP contribution in [0.4, 0.5) is 0 Å². The summed E-state index contributed by atoms with van der Waals surface area (Å²) in [6, 6.07) is 18.6. The molecule has 3 rings (SSSR count). The molecule has 0 unspecified atom stereocenters. The average Bonchev–Trinajstić information content (AvgIpc) is 2.78. The van der Waals surface area contributed by atoms with Crippen LogP contribution in [-0.2, 0) is 10.1 Å². The summed E-state index contributed by atoms with van der Waals surface area (Å²) in [5.41, 5.74) is 2.57. The second-order valence-electron chi connectivity index (χ2n) is 6.80. The van der Waals surface area contributed by atoms with Gasteiger partial charge in [-0.1, -0.05) is 49.1 Å². The molecule has 0 spiro atoms. The van der Waals surface area contributed by atoms with E-state index in [2.05, 4.69) is 13.2 Å². The zero-order valence-electron chi connectivity index (χ0n) is 17.4. The fourth-order valence-electron chi connectivity index (χ4n) is 2.89. The predicted molar refractivity (Wildman–Crippen MR) is 122 cm³/mol. The summed E-state index contributed by atoms with van der Waals surface area (Å²) in [5, 5.41) is 0. The first-order chi connectivity index (χ1) is 14.9. The Kier molecular flexibility index (Phi) is 6.82. The van der Waals surface area contributed by atoms with Crippen LogP contribution in [-0.4, -0.2) is 15.5 Å². The van der Waals surface area contributed by atoms with Crippen molar-refractivity contribution in [1.82, 2.24) is 0 Å². The highest BCUT2D eigenvalue weighted by Gasteiger charge is 2.17. The molecule has 0 heterocycles. The number of methoxy groups -OCH3 is 1. The summed E-state index contributed by atoms with van der Waals surface area (Å²) in [5.74, 6) is 1.47. The predicted octanol–water partition coefficient (Wildman–Crippen LogP) is 5.72. The van der Waals surface area contributed by atoms with Crippen LogP contribution in [0.1, 0.15) is 22.8 Å². The number of hydrogen-bond acceptors (Lipinski definition) is 5. The molecular weight excluding hydrogens is 412 g/mol. The Morgan fingerprint density at radius 3 is 2.13 bits per heavy atom. The summed E-state index contributed by atoms with van der Waals surface area (Å²) in [6.07, 6.45) is 2.89. The van der Waals surface area contributed by atoms with Gasteiger partial charge in [0, 0.05) is 11.6 Å². The van der Waals surface area contributed by atoms with E-state index in [1.54, 1.807) is 61.7 Å². The Labute approximate surface area is 183 Å². The second-order valence-corrected chi connectivity index (χ2v) is 8.35. The van der Waals surface area contributed by atoms with Gasteiger partial charge in [0.05, 0.1) is 7.11 Å². The van der Waals surface area contributed by atoms with E-state index in [0.29, 0.717) is 11.5 Å². The Balaban J connectivity index is 1.79. The Hall–Kier alpha value is -3.51. The van der Waals surface area contributed by atoms with Gasteiger partial charge in [-0.25, -0.2) is 0 Å². The number of benzene rings is 3. The van der Waals surface area contributed by atoms with Gasteiger partial charge in [0.1, 0.15) is 28.2 Å². The summed E-state index contributed by atoms with van der Waals surface area (Å²) in [6.45, 7) is 9.55. The highest BCUT2D eigenvalue weighted by Crippen LogP contribution is 2.31. The van der Waals surface area contributed by atoms with Crippen molar-refractivity contribution in [2.24, 2.45) is 0 Å². The molecule has 3 aromatic carbocycles. The quantitative estimate of drug-likeness (QED) is 0.317. The molecule has 0 fully saturated rings. The molecule has 1 atom stereocenters. The van der Waals surface area contributed by atoms with Gasteiger partial charge in [-0.3, -0.25) is 0 Å². The van der Waals surface area contributed by atoms with Crippen LogP contribution in [0.2, 0.25) is 0 Å². The highest BCUT2D eigenvalue weighted by molar-refractivity contribution is 7.87. The van der Waals surface area contributed by atoms with E-state index >= 15 is 0 Å². The first-order valence-electron chi connectivity index (χ1n) is 9.57. The minimum absolute atomic E-state index is 0.101. The molecule has 0 N–H and O–H groups in total. The van der Waals surface area contributed by atoms with Crippen molar-refractivity contribution in [3.05, 3.63) is 103 Å². The van der Waals surface area contributed by atoms with Crippen LogP contribution < -0.4 is 13.7 Å². The van der Waals surface area contributed by atoms with Crippen LogP contribution in [0.3, 0.4) is 0 Å². The lowest BCUT2D eigenvalue weighted by Crippen LogP contribution is -2.10. The minimum Gasteiger partial charge on any atom is -0.497 e. The summed E-state index contributed by atoms with van der Waals surface area (Å²) in [4.78, 5) is 0.101. The summed E-state index contributed by atoms with van der Waals surface area (Å²) in [7, 11) is -2.33. The topological polar surface area (TPSA) is 61.8 Å². The van der Waals surface area contributed by atoms with Gasteiger partial charge in [0.15, 0.2) is 0 Å². The number of aryl methyl sites for hydroxylation is 1. The summed E-state index contributed by atoms with van der Waals surface area (Å²) < 4.78 is 41.6. The maximum atomic E-state index is 12.5. The molecule has 0 aliphatic heterocycles. The third-order valence-corrected chi connectivity index (χ3v) is 5.89. The van der Waals surface area contributed by atoms with E-state index < -0.39 is 16.2 Å². The molecule has 0 bridgehead atoms. The fraction of sp³-hybridized carbons (Fsp3) is 0.120.